The van der Waals surface area contributed by atoms with Gasteiger partial charge in [0.25, 0.3) is 5.79 Å². The van der Waals surface area contributed by atoms with Gasteiger partial charge in [-0.3, -0.25) is 9.69 Å². The summed E-state index contributed by atoms with van der Waals surface area (Å²) < 4.78 is 5.73. The number of hydrogen-bond donors (Lipinski definition) is 3. The van der Waals surface area contributed by atoms with Gasteiger partial charge in [0.1, 0.15) is 5.41 Å². The molecule has 0 aromatic heterocycles. The van der Waals surface area contributed by atoms with Gasteiger partial charge in [-0.05, 0) is 30.9 Å². The van der Waals surface area contributed by atoms with E-state index in [2.05, 4.69) is 11.5 Å². The standard InChI is InChI=1S/C19H21NO5/c1-2-8-20-9-7-17-15-11-3-4-12(21)16(15)25-19(17,24)14(22)5-6-18(17,23)13(20)10-11/h2-4,13,21,23-24H,1,5-10H2/t13-,17-,18-,19+/m1/s1. The number of rotatable bonds is 2. The molecule has 2 fully saturated rings. The van der Waals surface area contributed by atoms with Crippen molar-refractivity contribution < 1.29 is 24.9 Å². The van der Waals surface area contributed by atoms with Crippen LogP contribution in [0.25, 0.3) is 0 Å². The van der Waals surface area contributed by atoms with Crippen molar-refractivity contribution in [1.82, 2.24) is 4.90 Å². The van der Waals surface area contributed by atoms with Gasteiger partial charge in [-0.2, -0.15) is 0 Å². The molecule has 0 radical (unpaired) electrons. The number of piperidine rings is 1. The Labute approximate surface area is 145 Å². The van der Waals surface area contributed by atoms with E-state index in [4.69, 9.17) is 4.74 Å². The lowest BCUT2D eigenvalue weighted by atomic mass is 9.47. The van der Waals surface area contributed by atoms with Gasteiger partial charge in [0.15, 0.2) is 11.5 Å². The third-order valence-corrected chi connectivity index (χ3v) is 6.87. The van der Waals surface area contributed by atoms with Crippen LogP contribution in [0.4, 0.5) is 0 Å². The fourth-order valence-corrected chi connectivity index (χ4v) is 5.87. The summed E-state index contributed by atoms with van der Waals surface area (Å²) in [6.07, 6.45) is 3.12. The summed E-state index contributed by atoms with van der Waals surface area (Å²) in [5, 5.41) is 33.5. The highest BCUT2D eigenvalue weighted by atomic mass is 16.6. The molecule has 132 valence electrons. The summed E-state index contributed by atoms with van der Waals surface area (Å²) in [4.78, 5) is 14.9. The van der Waals surface area contributed by atoms with Crippen molar-refractivity contribution in [2.45, 2.75) is 48.5 Å². The fraction of sp³-hybridized carbons (Fsp3) is 0.526. The number of phenols is 1. The predicted molar refractivity (Wildman–Crippen MR) is 88.4 cm³/mol. The van der Waals surface area contributed by atoms with Gasteiger partial charge in [0, 0.05) is 31.1 Å². The van der Waals surface area contributed by atoms with Crippen LogP contribution in [-0.4, -0.2) is 56.5 Å². The SMILES string of the molecule is C=CCN1CC[C@]23c4c5ccc(O)c4O[C@@]2(O)C(=O)CC[C@@]3(O)[C@H]1C5. The van der Waals surface area contributed by atoms with E-state index in [-0.39, 0.29) is 30.4 Å². The number of carbonyl (C=O) groups excluding carboxylic acids is 1. The number of ether oxygens (including phenoxy) is 1. The molecule has 4 aliphatic rings. The van der Waals surface area contributed by atoms with Crippen molar-refractivity contribution in [1.29, 1.82) is 0 Å². The molecule has 25 heavy (non-hydrogen) atoms. The lowest BCUT2D eigenvalue weighted by Gasteiger charge is -2.63. The van der Waals surface area contributed by atoms with Crippen LogP contribution in [-0.2, 0) is 16.6 Å². The second kappa shape index (κ2) is 4.44. The van der Waals surface area contributed by atoms with E-state index >= 15 is 0 Å². The quantitative estimate of drug-likeness (QED) is 0.682. The molecule has 5 rings (SSSR count). The van der Waals surface area contributed by atoms with Crippen LogP contribution >= 0.6 is 0 Å². The minimum absolute atomic E-state index is 0.0528. The predicted octanol–water partition coefficient (Wildman–Crippen LogP) is 0.621. The topological polar surface area (TPSA) is 90.2 Å². The van der Waals surface area contributed by atoms with Gasteiger partial charge in [0.2, 0.25) is 5.78 Å². The largest absolute Gasteiger partial charge is 0.504 e. The first-order chi connectivity index (χ1) is 11.9. The van der Waals surface area contributed by atoms with Gasteiger partial charge >= 0.3 is 0 Å². The third kappa shape index (κ3) is 1.43. The molecular formula is C19H21NO5. The maximum atomic E-state index is 12.7. The zero-order valence-electron chi connectivity index (χ0n) is 13.9. The van der Waals surface area contributed by atoms with E-state index in [1.165, 1.54) is 6.07 Å². The van der Waals surface area contributed by atoms with E-state index < -0.39 is 22.6 Å². The smallest absolute Gasteiger partial charge is 0.281 e. The van der Waals surface area contributed by atoms with Crippen LogP contribution in [0.5, 0.6) is 11.5 Å². The Morgan fingerprint density at radius 3 is 2.92 bits per heavy atom. The van der Waals surface area contributed by atoms with Gasteiger partial charge in [0.05, 0.1) is 5.60 Å². The zero-order valence-corrected chi connectivity index (χ0v) is 13.9. The minimum Gasteiger partial charge on any atom is -0.504 e. The highest BCUT2D eigenvalue weighted by Gasteiger charge is 2.79. The summed E-state index contributed by atoms with van der Waals surface area (Å²) >= 11 is 0. The first-order valence-electron chi connectivity index (χ1n) is 8.76. The average molecular weight is 343 g/mol. The third-order valence-electron chi connectivity index (χ3n) is 6.87. The Balaban J connectivity index is 1.84. The molecule has 1 saturated heterocycles. The van der Waals surface area contributed by atoms with Crippen LogP contribution in [0.3, 0.4) is 0 Å². The zero-order chi connectivity index (χ0) is 17.6. The van der Waals surface area contributed by atoms with Crippen LogP contribution in [0.15, 0.2) is 24.8 Å². The van der Waals surface area contributed by atoms with Gasteiger partial charge in [-0.15, -0.1) is 6.58 Å². The minimum atomic E-state index is -2.12. The van der Waals surface area contributed by atoms with Crippen molar-refractivity contribution in [2.75, 3.05) is 13.1 Å². The number of ketones is 1. The highest BCUT2D eigenvalue weighted by Crippen LogP contribution is 2.67. The number of aromatic hydroxyl groups is 1. The number of phenolic OH excluding ortho intramolecular Hbond substituents is 1. The van der Waals surface area contributed by atoms with Gasteiger partial charge < -0.3 is 20.1 Å². The number of likely N-dealkylation sites (tertiary alicyclic amines) is 1. The molecule has 1 saturated carbocycles. The van der Waals surface area contributed by atoms with Crippen molar-refractivity contribution in [3.05, 3.63) is 35.9 Å². The van der Waals surface area contributed by atoms with E-state index in [9.17, 15) is 20.1 Å². The summed E-state index contributed by atoms with van der Waals surface area (Å²) in [5.74, 6) is -2.48. The van der Waals surface area contributed by atoms with Crippen molar-refractivity contribution >= 4 is 5.78 Å². The Bertz CT molecular complexity index is 822. The molecule has 0 amide bonds. The molecule has 2 heterocycles. The summed E-state index contributed by atoms with van der Waals surface area (Å²) in [6.45, 7) is 5.06. The molecule has 1 aromatic rings. The fourth-order valence-electron chi connectivity index (χ4n) is 5.87. The van der Waals surface area contributed by atoms with Gasteiger partial charge in [-0.1, -0.05) is 12.1 Å². The van der Waals surface area contributed by atoms with Crippen LogP contribution in [0.2, 0.25) is 0 Å². The second-order valence-electron chi connectivity index (χ2n) is 7.70. The molecule has 6 nitrogen and oxygen atoms in total. The summed E-state index contributed by atoms with van der Waals surface area (Å²) in [6, 6.07) is 3.12. The number of benzene rings is 1. The molecule has 3 N–H and O–H groups in total. The average Bonchev–Trinajstić information content (AvgIpc) is 2.86. The Hall–Kier alpha value is -1.89. The number of hydrogen-bond acceptors (Lipinski definition) is 6. The summed E-state index contributed by atoms with van der Waals surface area (Å²) in [5.41, 5.74) is -0.968. The first-order valence-corrected chi connectivity index (χ1v) is 8.76. The van der Waals surface area contributed by atoms with Gasteiger partial charge in [-0.25, -0.2) is 0 Å². The molecule has 1 aromatic carbocycles. The summed E-state index contributed by atoms with van der Waals surface area (Å²) in [7, 11) is 0. The van der Waals surface area contributed by atoms with Crippen molar-refractivity contribution in [2.24, 2.45) is 0 Å². The van der Waals surface area contributed by atoms with Crippen LogP contribution in [0, 0.1) is 0 Å². The molecule has 2 aliphatic heterocycles. The number of nitrogens with zero attached hydrogens (tertiary/aromatic N) is 1. The Kier molecular flexibility index (Phi) is 2.73. The monoisotopic (exact) mass is 343 g/mol. The Morgan fingerprint density at radius 1 is 1.36 bits per heavy atom. The Morgan fingerprint density at radius 2 is 2.16 bits per heavy atom. The van der Waals surface area contributed by atoms with Crippen LogP contribution in [0.1, 0.15) is 30.4 Å². The normalized spacial score (nSPS) is 41.2. The lowest BCUT2D eigenvalue weighted by Crippen LogP contribution is -2.80. The van der Waals surface area contributed by atoms with E-state index in [0.717, 1.165) is 5.56 Å². The second-order valence-corrected chi connectivity index (χ2v) is 7.70. The molecular weight excluding hydrogens is 322 g/mol. The molecule has 2 aliphatic carbocycles. The van der Waals surface area contributed by atoms with E-state index in [1.807, 2.05) is 12.1 Å². The van der Waals surface area contributed by atoms with Crippen LogP contribution < -0.4 is 4.74 Å². The van der Waals surface area contributed by atoms with E-state index in [1.54, 1.807) is 0 Å². The van der Waals surface area contributed by atoms with Crippen molar-refractivity contribution in [3.63, 3.8) is 0 Å². The van der Waals surface area contributed by atoms with E-state index in [0.29, 0.717) is 31.5 Å². The number of carbonyl (C=O) groups is 1. The van der Waals surface area contributed by atoms with Crippen molar-refractivity contribution in [3.8, 4) is 11.5 Å². The first kappa shape index (κ1) is 15.4. The number of aliphatic hydroxyl groups is 2. The maximum Gasteiger partial charge on any atom is 0.281 e. The molecule has 2 bridgehead atoms. The molecule has 6 heteroatoms. The number of Topliss-reactive ketones (excluding diaryl/α,β-unsaturated/α-hetero) is 1. The lowest BCUT2D eigenvalue weighted by molar-refractivity contribution is -0.266. The maximum absolute atomic E-state index is 12.7. The molecule has 1 spiro atoms. The molecule has 4 atom stereocenters. The highest BCUT2D eigenvalue weighted by molar-refractivity contribution is 5.92. The molecule has 0 unspecified atom stereocenters.